The molecule has 0 unspecified atom stereocenters. The minimum absolute atomic E-state index is 0.615. The number of allylic oxidation sites excluding steroid dienone is 1. The van der Waals surface area contributed by atoms with E-state index in [0.29, 0.717) is 5.41 Å². The molecular weight excluding hydrogens is 194 g/mol. The lowest BCUT2D eigenvalue weighted by Gasteiger charge is -2.31. The van der Waals surface area contributed by atoms with Crippen LogP contribution in [0.2, 0.25) is 0 Å². The highest BCUT2D eigenvalue weighted by atomic mass is 14.9. The Morgan fingerprint density at radius 1 is 1.25 bits per heavy atom. The molecule has 1 aliphatic rings. The lowest BCUT2D eigenvalue weighted by Crippen LogP contribution is -2.33. The molecule has 1 nitrogen and oxygen atoms in total. The van der Waals surface area contributed by atoms with Crippen LogP contribution in [0, 0.1) is 11.3 Å². The van der Waals surface area contributed by atoms with Crippen molar-refractivity contribution in [1.82, 2.24) is 5.32 Å². The summed E-state index contributed by atoms with van der Waals surface area (Å²) >= 11 is 0. The normalized spacial score (nSPS) is 19.1. The average Bonchev–Trinajstić information content (AvgIpc) is 2.60. The summed E-state index contributed by atoms with van der Waals surface area (Å²) in [6.45, 7) is 11.3. The fraction of sp³-hybridized carbons (Fsp3) is 0.867. The van der Waals surface area contributed by atoms with Crippen molar-refractivity contribution in [2.24, 2.45) is 11.3 Å². The SMILES string of the molecule is CC(C)=CCNCC1(CC(C)C)CCCC1. The predicted octanol–water partition coefficient (Wildman–Crippen LogP) is 4.15. The van der Waals surface area contributed by atoms with Crippen molar-refractivity contribution in [2.75, 3.05) is 13.1 Å². The van der Waals surface area contributed by atoms with E-state index < -0.39 is 0 Å². The first-order chi connectivity index (χ1) is 7.54. The fourth-order valence-corrected chi connectivity index (χ4v) is 3.06. The molecule has 0 radical (unpaired) electrons. The van der Waals surface area contributed by atoms with Gasteiger partial charge in [0.1, 0.15) is 0 Å². The minimum Gasteiger partial charge on any atom is -0.313 e. The third-order valence-corrected chi connectivity index (χ3v) is 3.66. The Balaban J connectivity index is 2.36. The van der Waals surface area contributed by atoms with Crippen LogP contribution >= 0.6 is 0 Å². The maximum Gasteiger partial charge on any atom is 0.0137 e. The topological polar surface area (TPSA) is 12.0 Å². The molecule has 94 valence electrons. The van der Waals surface area contributed by atoms with Crippen LogP contribution in [0.5, 0.6) is 0 Å². The molecule has 0 aromatic carbocycles. The van der Waals surface area contributed by atoms with Crippen LogP contribution in [0.25, 0.3) is 0 Å². The van der Waals surface area contributed by atoms with E-state index in [0.717, 1.165) is 12.5 Å². The lowest BCUT2D eigenvalue weighted by molar-refractivity contribution is 0.227. The Morgan fingerprint density at radius 2 is 1.88 bits per heavy atom. The van der Waals surface area contributed by atoms with Crippen LogP contribution in [0.4, 0.5) is 0 Å². The van der Waals surface area contributed by atoms with Crippen molar-refractivity contribution >= 4 is 0 Å². The smallest absolute Gasteiger partial charge is 0.0137 e. The van der Waals surface area contributed by atoms with E-state index in [9.17, 15) is 0 Å². The molecule has 1 saturated carbocycles. The second kappa shape index (κ2) is 6.44. The minimum atomic E-state index is 0.615. The second-order valence-corrected chi connectivity index (χ2v) is 6.22. The van der Waals surface area contributed by atoms with E-state index in [1.54, 1.807) is 0 Å². The quantitative estimate of drug-likeness (QED) is 0.527. The fourth-order valence-electron chi connectivity index (χ4n) is 3.06. The molecule has 0 heterocycles. The van der Waals surface area contributed by atoms with Crippen molar-refractivity contribution in [2.45, 2.75) is 59.8 Å². The van der Waals surface area contributed by atoms with Gasteiger partial charge in [0.25, 0.3) is 0 Å². The van der Waals surface area contributed by atoms with Crippen LogP contribution in [-0.2, 0) is 0 Å². The van der Waals surface area contributed by atoms with Crippen LogP contribution in [0.15, 0.2) is 11.6 Å². The standard InChI is InChI=1S/C15H29N/c1-13(2)7-10-16-12-15(11-14(3)4)8-5-6-9-15/h7,14,16H,5-6,8-12H2,1-4H3. The van der Waals surface area contributed by atoms with Crippen molar-refractivity contribution in [1.29, 1.82) is 0 Å². The van der Waals surface area contributed by atoms with E-state index in [4.69, 9.17) is 0 Å². The number of hydrogen-bond donors (Lipinski definition) is 1. The van der Waals surface area contributed by atoms with Gasteiger partial charge in [-0.25, -0.2) is 0 Å². The van der Waals surface area contributed by atoms with Gasteiger partial charge in [-0.1, -0.05) is 38.3 Å². The molecule has 1 N–H and O–H groups in total. The molecule has 0 spiro atoms. The molecule has 0 aliphatic heterocycles. The molecular formula is C15H29N. The van der Waals surface area contributed by atoms with Gasteiger partial charge in [-0.3, -0.25) is 0 Å². The summed E-state index contributed by atoms with van der Waals surface area (Å²) in [6, 6.07) is 0. The summed E-state index contributed by atoms with van der Waals surface area (Å²) in [4.78, 5) is 0. The third kappa shape index (κ3) is 4.69. The van der Waals surface area contributed by atoms with E-state index in [-0.39, 0.29) is 0 Å². The molecule has 0 aromatic rings. The zero-order valence-corrected chi connectivity index (χ0v) is 11.6. The molecule has 0 bridgehead atoms. The van der Waals surface area contributed by atoms with E-state index in [1.807, 2.05) is 0 Å². The summed E-state index contributed by atoms with van der Waals surface area (Å²) in [5, 5.41) is 3.63. The maximum absolute atomic E-state index is 3.63. The van der Waals surface area contributed by atoms with Gasteiger partial charge < -0.3 is 5.32 Å². The van der Waals surface area contributed by atoms with Crippen molar-refractivity contribution in [3.8, 4) is 0 Å². The highest BCUT2D eigenvalue weighted by Gasteiger charge is 2.33. The Bertz CT molecular complexity index is 218. The molecule has 0 saturated heterocycles. The van der Waals surface area contributed by atoms with Crippen molar-refractivity contribution in [3.05, 3.63) is 11.6 Å². The van der Waals surface area contributed by atoms with Crippen molar-refractivity contribution < 1.29 is 0 Å². The second-order valence-electron chi connectivity index (χ2n) is 6.22. The first kappa shape index (κ1) is 13.8. The summed E-state index contributed by atoms with van der Waals surface area (Å²) < 4.78 is 0. The molecule has 1 fully saturated rings. The van der Waals surface area contributed by atoms with E-state index in [2.05, 4.69) is 39.1 Å². The number of rotatable bonds is 6. The Labute approximate surface area is 102 Å². The summed E-state index contributed by atoms with van der Waals surface area (Å²) in [6.07, 6.45) is 9.45. The summed E-state index contributed by atoms with van der Waals surface area (Å²) in [7, 11) is 0. The van der Waals surface area contributed by atoms with Crippen molar-refractivity contribution in [3.63, 3.8) is 0 Å². The lowest BCUT2D eigenvalue weighted by atomic mass is 9.78. The van der Waals surface area contributed by atoms with Gasteiger partial charge in [0.05, 0.1) is 0 Å². The van der Waals surface area contributed by atoms with Gasteiger partial charge in [-0.05, 0) is 44.4 Å². The highest BCUT2D eigenvalue weighted by Crippen LogP contribution is 2.42. The molecule has 1 rings (SSSR count). The first-order valence-corrected chi connectivity index (χ1v) is 6.88. The van der Waals surface area contributed by atoms with E-state index in [1.165, 1.54) is 44.2 Å². The van der Waals surface area contributed by atoms with Gasteiger partial charge in [-0.15, -0.1) is 0 Å². The van der Waals surface area contributed by atoms with Crippen LogP contribution in [0.1, 0.15) is 59.8 Å². The third-order valence-electron chi connectivity index (χ3n) is 3.66. The number of nitrogens with one attached hydrogen (secondary N) is 1. The van der Waals surface area contributed by atoms with Gasteiger partial charge in [0.15, 0.2) is 0 Å². The molecule has 16 heavy (non-hydrogen) atoms. The largest absolute Gasteiger partial charge is 0.313 e. The molecule has 0 aromatic heterocycles. The number of hydrogen-bond acceptors (Lipinski definition) is 1. The van der Waals surface area contributed by atoms with Crippen LogP contribution in [0.3, 0.4) is 0 Å². The van der Waals surface area contributed by atoms with E-state index >= 15 is 0 Å². The summed E-state index contributed by atoms with van der Waals surface area (Å²) in [5.74, 6) is 0.836. The molecule has 0 atom stereocenters. The zero-order valence-electron chi connectivity index (χ0n) is 11.6. The average molecular weight is 223 g/mol. The molecule has 0 amide bonds. The monoisotopic (exact) mass is 223 g/mol. The predicted molar refractivity (Wildman–Crippen MR) is 72.7 cm³/mol. The van der Waals surface area contributed by atoms with Crippen LogP contribution < -0.4 is 5.32 Å². The van der Waals surface area contributed by atoms with Gasteiger partial charge in [0.2, 0.25) is 0 Å². The Kier molecular flexibility index (Phi) is 5.54. The maximum atomic E-state index is 3.63. The van der Waals surface area contributed by atoms with Gasteiger partial charge >= 0.3 is 0 Å². The summed E-state index contributed by atoms with van der Waals surface area (Å²) in [5.41, 5.74) is 2.03. The van der Waals surface area contributed by atoms with Gasteiger partial charge in [0, 0.05) is 13.1 Å². The Hall–Kier alpha value is -0.300. The Morgan fingerprint density at radius 3 is 2.38 bits per heavy atom. The zero-order chi connectivity index (χ0) is 12.0. The molecule has 1 heteroatoms. The first-order valence-electron chi connectivity index (χ1n) is 6.88. The van der Waals surface area contributed by atoms with Crippen LogP contribution in [-0.4, -0.2) is 13.1 Å². The van der Waals surface area contributed by atoms with Gasteiger partial charge in [-0.2, -0.15) is 0 Å². The molecule has 1 aliphatic carbocycles. The highest BCUT2D eigenvalue weighted by molar-refractivity contribution is 4.95.